The number of pyridine rings is 1. The van der Waals surface area contributed by atoms with E-state index in [2.05, 4.69) is 15.3 Å². The Kier molecular flexibility index (Phi) is 4.18. The van der Waals surface area contributed by atoms with Gasteiger partial charge >= 0.3 is 5.97 Å². The minimum Gasteiger partial charge on any atom is -0.504 e. The first-order valence-corrected chi connectivity index (χ1v) is 8.41. The van der Waals surface area contributed by atoms with Crippen LogP contribution in [0.15, 0.2) is 27.7 Å². The first kappa shape index (κ1) is 16.3. The maximum absolute atomic E-state index is 11.7. The van der Waals surface area contributed by atoms with Crippen molar-refractivity contribution < 1.29 is 19.4 Å². The zero-order valence-corrected chi connectivity index (χ0v) is 14.0. The summed E-state index contributed by atoms with van der Waals surface area (Å²) in [4.78, 5) is 21.9. The predicted molar refractivity (Wildman–Crippen MR) is 97.3 cm³/mol. The molecule has 0 aromatic carbocycles. The Labute approximate surface area is 149 Å². The highest BCUT2D eigenvalue weighted by atomic mass is 16.4. The van der Waals surface area contributed by atoms with Gasteiger partial charge in [0.05, 0.1) is 0 Å². The second-order valence-corrected chi connectivity index (χ2v) is 6.12. The molecule has 0 saturated carbocycles. The van der Waals surface area contributed by atoms with Crippen molar-refractivity contribution in [3.8, 4) is 5.75 Å². The summed E-state index contributed by atoms with van der Waals surface area (Å²) in [6.07, 6.45) is 5.73. The number of aromatic carboxylic acids is 1. The van der Waals surface area contributed by atoms with Crippen LogP contribution in [0.5, 0.6) is 5.75 Å². The van der Waals surface area contributed by atoms with Crippen LogP contribution in [-0.4, -0.2) is 53.6 Å². The van der Waals surface area contributed by atoms with Gasteiger partial charge in [0.1, 0.15) is 0 Å². The number of carboxylic acid groups (broad SMARTS) is 1. The van der Waals surface area contributed by atoms with E-state index >= 15 is 0 Å². The molecule has 0 atom stereocenters. The van der Waals surface area contributed by atoms with E-state index in [0.29, 0.717) is 24.5 Å². The Bertz CT molecular complexity index is 908. The van der Waals surface area contributed by atoms with Gasteiger partial charge < -0.3 is 24.8 Å². The number of furan rings is 1. The Hall–Kier alpha value is -3.13. The average molecular weight is 354 g/mol. The van der Waals surface area contributed by atoms with Crippen molar-refractivity contribution in [1.29, 1.82) is 0 Å². The van der Waals surface area contributed by atoms with Gasteiger partial charge in [0.2, 0.25) is 5.88 Å². The Morgan fingerprint density at radius 1 is 1.35 bits per heavy atom. The first-order valence-electron chi connectivity index (χ1n) is 8.41. The molecule has 8 nitrogen and oxygen atoms in total. The molecule has 4 heterocycles. The molecule has 2 aromatic heterocycles. The van der Waals surface area contributed by atoms with Crippen molar-refractivity contribution in [2.24, 2.45) is 4.99 Å². The van der Waals surface area contributed by atoms with Crippen LogP contribution in [0.4, 0.5) is 11.7 Å². The molecule has 1 fully saturated rings. The van der Waals surface area contributed by atoms with E-state index in [1.54, 1.807) is 24.6 Å². The fourth-order valence-corrected chi connectivity index (χ4v) is 3.17. The number of hydrogen-bond donors (Lipinski definition) is 3. The highest BCUT2D eigenvalue weighted by molar-refractivity contribution is 6.21. The Balaban J connectivity index is 1.76. The molecular formula is C18H18N4O4. The number of allylic oxidation sites excluding steroid dienone is 1. The van der Waals surface area contributed by atoms with E-state index in [0.717, 1.165) is 25.1 Å². The fourth-order valence-electron chi connectivity index (χ4n) is 3.17. The standard InChI is InChI=1S/C18H18N4O4/c23-15-13(9-11-10-21-16-12(11)3-1-5-20-16)26-17(14(15)18(24)25)22-7-2-4-19-6-8-22/h1,3,5,9-10,19,23H,2,4,6-8H2,(H,24,25). The van der Waals surface area contributed by atoms with Crippen LogP contribution in [-0.2, 0) is 0 Å². The van der Waals surface area contributed by atoms with Gasteiger partial charge in [0, 0.05) is 43.2 Å². The normalized spacial score (nSPS) is 18.2. The molecule has 2 aromatic rings. The monoisotopic (exact) mass is 354 g/mol. The zero-order chi connectivity index (χ0) is 18.1. The minimum absolute atomic E-state index is 0.104. The number of carboxylic acids is 1. The van der Waals surface area contributed by atoms with Crippen molar-refractivity contribution >= 4 is 35.5 Å². The van der Waals surface area contributed by atoms with Crippen molar-refractivity contribution in [3.05, 3.63) is 35.2 Å². The van der Waals surface area contributed by atoms with E-state index in [9.17, 15) is 15.0 Å². The zero-order valence-electron chi connectivity index (χ0n) is 14.0. The summed E-state index contributed by atoms with van der Waals surface area (Å²) in [6, 6.07) is 3.66. The summed E-state index contributed by atoms with van der Waals surface area (Å²) in [6.45, 7) is 2.85. The van der Waals surface area contributed by atoms with Gasteiger partial charge in [-0.05, 0) is 31.2 Å². The molecule has 26 heavy (non-hydrogen) atoms. The number of hydrogen-bond acceptors (Lipinski definition) is 7. The molecule has 0 aliphatic carbocycles. The van der Waals surface area contributed by atoms with E-state index < -0.39 is 5.97 Å². The molecule has 2 aliphatic rings. The highest BCUT2D eigenvalue weighted by Crippen LogP contribution is 2.39. The number of aromatic hydroxyl groups is 1. The van der Waals surface area contributed by atoms with Crippen molar-refractivity contribution in [3.63, 3.8) is 0 Å². The summed E-state index contributed by atoms with van der Waals surface area (Å²) >= 11 is 0. The van der Waals surface area contributed by atoms with Gasteiger partial charge in [-0.3, -0.25) is 0 Å². The summed E-state index contributed by atoms with van der Waals surface area (Å²) in [7, 11) is 0. The molecule has 0 unspecified atom stereocenters. The van der Waals surface area contributed by atoms with Gasteiger partial charge in [-0.15, -0.1) is 0 Å². The molecule has 0 bridgehead atoms. The Morgan fingerprint density at radius 3 is 3.08 bits per heavy atom. The quantitative estimate of drug-likeness (QED) is 0.774. The van der Waals surface area contributed by atoms with Crippen LogP contribution >= 0.6 is 0 Å². The lowest BCUT2D eigenvalue weighted by molar-refractivity contribution is 0.0694. The lowest BCUT2D eigenvalue weighted by atomic mass is 10.1. The highest BCUT2D eigenvalue weighted by Gasteiger charge is 2.29. The molecule has 0 radical (unpaired) electrons. The SMILES string of the molecule is O=C(O)c1c(N2CCCNCC2)oc(C=C2C=Nc3ncccc32)c1O. The van der Waals surface area contributed by atoms with E-state index in [1.165, 1.54) is 0 Å². The number of aliphatic imine (C=N–C) groups is 1. The molecule has 2 aliphatic heterocycles. The van der Waals surface area contributed by atoms with Crippen LogP contribution in [0, 0.1) is 0 Å². The second-order valence-electron chi connectivity index (χ2n) is 6.12. The lowest BCUT2D eigenvalue weighted by Gasteiger charge is -2.19. The molecule has 1 saturated heterocycles. The summed E-state index contributed by atoms with van der Waals surface area (Å²) in [5, 5.41) is 23.3. The van der Waals surface area contributed by atoms with Crippen LogP contribution in [0.1, 0.15) is 28.1 Å². The van der Waals surface area contributed by atoms with Crippen LogP contribution in [0.2, 0.25) is 0 Å². The van der Waals surface area contributed by atoms with Gasteiger partial charge in [-0.1, -0.05) is 0 Å². The van der Waals surface area contributed by atoms with Gasteiger partial charge in [0.15, 0.2) is 22.9 Å². The molecule has 134 valence electrons. The predicted octanol–water partition coefficient (Wildman–Crippen LogP) is 2.13. The summed E-state index contributed by atoms with van der Waals surface area (Å²) < 4.78 is 5.79. The van der Waals surface area contributed by atoms with Crippen molar-refractivity contribution in [2.45, 2.75) is 6.42 Å². The molecule has 8 heteroatoms. The van der Waals surface area contributed by atoms with Gasteiger partial charge in [0.25, 0.3) is 0 Å². The topological polar surface area (TPSA) is 111 Å². The third-order valence-electron chi connectivity index (χ3n) is 4.44. The molecule has 4 rings (SSSR count). The van der Waals surface area contributed by atoms with Crippen LogP contribution < -0.4 is 10.2 Å². The fraction of sp³-hybridized carbons (Fsp3) is 0.278. The summed E-state index contributed by atoms with van der Waals surface area (Å²) in [5.41, 5.74) is 1.30. The smallest absolute Gasteiger partial charge is 0.345 e. The number of carbonyl (C=O) groups is 1. The number of anilines is 1. The minimum atomic E-state index is -1.22. The van der Waals surface area contributed by atoms with Crippen molar-refractivity contribution in [2.75, 3.05) is 31.1 Å². The first-order chi connectivity index (χ1) is 12.6. The number of rotatable bonds is 3. The van der Waals surface area contributed by atoms with E-state index in [1.807, 2.05) is 11.0 Å². The lowest BCUT2D eigenvalue weighted by Crippen LogP contribution is -2.28. The van der Waals surface area contributed by atoms with E-state index in [4.69, 9.17) is 4.42 Å². The molecule has 3 N–H and O–H groups in total. The van der Waals surface area contributed by atoms with Gasteiger partial charge in [-0.2, -0.15) is 0 Å². The number of nitrogens with zero attached hydrogens (tertiary/aromatic N) is 3. The maximum Gasteiger partial charge on any atom is 0.345 e. The average Bonchev–Trinajstić information content (AvgIpc) is 3.05. The molecule has 0 amide bonds. The number of fused-ring (bicyclic) bond motifs is 1. The largest absolute Gasteiger partial charge is 0.504 e. The van der Waals surface area contributed by atoms with Crippen molar-refractivity contribution in [1.82, 2.24) is 10.3 Å². The summed E-state index contributed by atoms with van der Waals surface area (Å²) in [5.74, 6) is -0.713. The Morgan fingerprint density at radius 2 is 2.23 bits per heavy atom. The third kappa shape index (κ3) is 2.84. The number of nitrogens with one attached hydrogen (secondary N) is 1. The van der Waals surface area contributed by atoms with Gasteiger partial charge in [-0.25, -0.2) is 14.8 Å². The van der Waals surface area contributed by atoms with Crippen LogP contribution in [0.3, 0.4) is 0 Å². The maximum atomic E-state index is 11.7. The molecule has 0 spiro atoms. The van der Waals surface area contributed by atoms with E-state index in [-0.39, 0.29) is 23.0 Å². The second kappa shape index (κ2) is 6.64. The third-order valence-corrected chi connectivity index (χ3v) is 4.44. The number of aromatic nitrogens is 1. The van der Waals surface area contributed by atoms with Crippen LogP contribution in [0.25, 0.3) is 11.6 Å². The molecular weight excluding hydrogens is 336 g/mol.